The Morgan fingerprint density at radius 3 is 2.74 bits per heavy atom. The number of fused-ring (bicyclic) bond motifs is 3. The maximum absolute atomic E-state index is 13.6. The van der Waals surface area contributed by atoms with Crippen molar-refractivity contribution in [3.63, 3.8) is 0 Å². The third-order valence-corrected chi connectivity index (χ3v) is 8.51. The van der Waals surface area contributed by atoms with E-state index in [1.165, 1.54) is 22.2 Å². The highest BCUT2D eigenvalue weighted by Crippen LogP contribution is 2.39. The molecule has 0 bridgehead atoms. The Kier molecular flexibility index (Phi) is 4.55. The zero-order chi connectivity index (χ0) is 18.5. The van der Waals surface area contributed by atoms with Crippen LogP contribution in [0.2, 0.25) is 0 Å². The first-order valence-electron chi connectivity index (χ1n) is 10.0. The predicted molar refractivity (Wildman–Crippen MR) is 108 cm³/mol. The minimum atomic E-state index is -0.239. The second-order valence-corrected chi connectivity index (χ2v) is 10.4. The van der Waals surface area contributed by atoms with Crippen LogP contribution in [0.25, 0.3) is 10.2 Å². The third-order valence-electron chi connectivity index (χ3n) is 6.15. The van der Waals surface area contributed by atoms with Gasteiger partial charge in [-0.3, -0.25) is 14.2 Å². The second-order valence-electron chi connectivity index (χ2n) is 8.10. The van der Waals surface area contributed by atoms with Crippen molar-refractivity contribution in [1.29, 1.82) is 0 Å². The normalized spacial score (nSPS) is 25.9. The third kappa shape index (κ3) is 3.03. The van der Waals surface area contributed by atoms with E-state index in [1.54, 1.807) is 11.3 Å². The summed E-state index contributed by atoms with van der Waals surface area (Å²) >= 11 is 3.12. The number of rotatable bonds is 3. The number of hydrogen-bond acceptors (Lipinski definition) is 6. The number of carbonyl (C=O) groups is 1. The molecule has 2 aliphatic carbocycles. The molecule has 0 N–H and O–H groups in total. The molecule has 1 saturated heterocycles. The van der Waals surface area contributed by atoms with Gasteiger partial charge in [0.2, 0.25) is 0 Å². The van der Waals surface area contributed by atoms with Crippen LogP contribution in [-0.2, 0) is 22.4 Å². The van der Waals surface area contributed by atoms with Crippen LogP contribution in [0, 0.1) is 5.92 Å². The predicted octanol–water partition coefficient (Wildman–Crippen LogP) is 4.11. The van der Waals surface area contributed by atoms with Crippen molar-refractivity contribution >= 4 is 39.3 Å². The number of thioether (sulfide) groups is 1. The fourth-order valence-corrected chi connectivity index (χ4v) is 7.22. The largest absolute Gasteiger partial charge is 0.465 e. The van der Waals surface area contributed by atoms with Crippen LogP contribution in [0.1, 0.15) is 61.9 Å². The zero-order valence-corrected chi connectivity index (χ0v) is 17.2. The van der Waals surface area contributed by atoms with Gasteiger partial charge in [0.15, 0.2) is 5.16 Å². The van der Waals surface area contributed by atoms with Crippen LogP contribution in [0.5, 0.6) is 0 Å². The van der Waals surface area contributed by atoms with Crippen molar-refractivity contribution in [2.45, 2.75) is 74.7 Å². The molecule has 144 valence electrons. The number of aryl methyl sites for hydroxylation is 1. The lowest BCUT2D eigenvalue weighted by atomic mass is 9.89. The van der Waals surface area contributed by atoms with Crippen molar-refractivity contribution in [3.05, 3.63) is 20.8 Å². The van der Waals surface area contributed by atoms with Crippen LogP contribution in [0.4, 0.5) is 0 Å². The monoisotopic (exact) mass is 404 g/mol. The summed E-state index contributed by atoms with van der Waals surface area (Å²) < 4.78 is 7.05. The smallest absolute Gasteiger partial charge is 0.319 e. The van der Waals surface area contributed by atoms with Gasteiger partial charge in [0.25, 0.3) is 5.56 Å². The molecule has 2 unspecified atom stereocenters. The fraction of sp³-hybridized carbons (Fsp3) is 0.650. The van der Waals surface area contributed by atoms with E-state index in [0.29, 0.717) is 18.9 Å². The van der Waals surface area contributed by atoms with Gasteiger partial charge in [-0.1, -0.05) is 31.5 Å². The minimum Gasteiger partial charge on any atom is -0.465 e. The molecule has 7 heteroatoms. The Morgan fingerprint density at radius 2 is 2.00 bits per heavy atom. The molecule has 3 heterocycles. The summed E-state index contributed by atoms with van der Waals surface area (Å²) in [5, 5.41) is 1.33. The first-order chi connectivity index (χ1) is 13.1. The first-order valence-corrected chi connectivity index (χ1v) is 11.7. The van der Waals surface area contributed by atoms with Gasteiger partial charge in [0.05, 0.1) is 12.0 Å². The molecule has 2 aromatic rings. The van der Waals surface area contributed by atoms with Crippen LogP contribution in [0.3, 0.4) is 0 Å². The molecule has 0 spiro atoms. The Morgan fingerprint density at radius 1 is 1.19 bits per heavy atom. The summed E-state index contributed by atoms with van der Waals surface area (Å²) in [5.74, 6) is 0.497. The second kappa shape index (κ2) is 6.92. The van der Waals surface area contributed by atoms with Crippen molar-refractivity contribution in [1.82, 2.24) is 9.55 Å². The summed E-state index contributed by atoms with van der Waals surface area (Å²) in [6.07, 6.45) is 8.25. The fourth-order valence-electron chi connectivity index (χ4n) is 4.66. The molecule has 2 aromatic heterocycles. The van der Waals surface area contributed by atoms with Gasteiger partial charge in [0, 0.05) is 17.3 Å². The maximum Gasteiger partial charge on any atom is 0.319 e. The highest BCUT2D eigenvalue weighted by molar-refractivity contribution is 8.00. The van der Waals surface area contributed by atoms with Crippen LogP contribution >= 0.6 is 23.1 Å². The van der Waals surface area contributed by atoms with E-state index in [0.717, 1.165) is 60.3 Å². The SMILES string of the molecule is CC1CCc2c(sc3nc(SC4CCOC4=O)n(C4CCCC4)c(=O)c23)C1. The summed E-state index contributed by atoms with van der Waals surface area (Å²) in [5.41, 5.74) is 1.36. The molecule has 3 aliphatic rings. The molecule has 0 radical (unpaired) electrons. The van der Waals surface area contributed by atoms with Gasteiger partial charge in [-0.05, 0) is 43.6 Å². The van der Waals surface area contributed by atoms with Crippen LogP contribution < -0.4 is 5.56 Å². The number of cyclic esters (lactones) is 1. The number of hydrogen-bond donors (Lipinski definition) is 0. The van der Waals surface area contributed by atoms with E-state index >= 15 is 0 Å². The number of carbonyl (C=O) groups excluding carboxylic acids is 1. The number of aromatic nitrogens is 2. The van der Waals surface area contributed by atoms with E-state index in [4.69, 9.17) is 9.72 Å². The molecular weight excluding hydrogens is 380 g/mol. The van der Waals surface area contributed by atoms with Gasteiger partial charge in [-0.25, -0.2) is 4.98 Å². The molecule has 0 amide bonds. The highest BCUT2D eigenvalue weighted by Gasteiger charge is 2.33. The standard InChI is InChI=1S/C20H24N2O3S2/c1-11-6-7-13-15(10-11)26-17-16(13)18(23)22(12-4-2-3-5-12)20(21-17)27-14-8-9-25-19(14)24/h11-12,14H,2-10H2,1H3. The molecule has 1 saturated carbocycles. The molecule has 2 fully saturated rings. The van der Waals surface area contributed by atoms with Gasteiger partial charge in [-0.15, -0.1) is 11.3 Å². The number of nitrogens with zero attached hydrogens (tertiary/aromatic N) is 2. The van der Waals surface area contributed by atoms with Crippen molar-refractivity contribution in [3.8, 4) is 0 Å². The lowest BCUT2D eigenvalue weighted by molar-refractivity contribution is -0.137. The Hall–Kier alpha value is -1.34. The van der Waals surface area contributed by atoms with E-state index in [2.05, 4.69) is 6.92 Å². The summed E-state index contributed by atoms with van der Waals surface area (Å²) in [7, 11) is 0. The summed E-state index contributed by atoms with van der Waals surface area (Å²) in [6, 6.07) is 0.215. The van der Waals surface area contributed by atoms with Gasteiger partial charge in [-0.2, -0.15) is 0 Å². The average Bonchev–Trinajstić information content (AvgIpc) is 3.35. The van der Waals surface area contributed by atoms with Crippen LogP contribution in [0.15, 0.2) is 9.95 Å². The topological polar surface area (TPSA) is 61.2 Å². The molecule has 0 aromatic carbocycles. The van der Waals surface area contributed by atoms with Gasteiger partial charge in [0.1, 0.15) is 10.1 Å². The molecule has 1 aliphatic heterocycles. The minimum absolute atomic E-state index is 0.118. The Balaban J connectivity index is 1.66. The molecule has 27 heavy (non-hydrogen) atoms. The van der Waals surface area contributed by atoms with Crippen molar-refractivity contribution < 1.29 is 9.53 Å². The zero-order valence-electron chi connectivity index (χ0n) is 15.5. The van der Waals surface area contributed by atoms with E-state index in [9.17, 15) is 9.59 Å². The van der Waals surface area contributed by atoms with Crippen molar-refractivity contribution in [2.75, 3.05) is 6.61 Å². The Bertz CT molecular complexity index is 958. The summed E-state index contributed by atoms with van der Waals surface area (Å²) in [4.78, 5) is 32.8. The number of thiophene rings is 1. The molecular formula is C20H24N2O3S2. The Labute approximate surface area is 166 Å². The first kappa shape index (κ1) is 17.7. The van der Waals surface area contributed by atoms with E-state index in [1.807, 2.05) is 4.57 Å². The number of esters is 1. The molecule has 5 nitrogen and oxygen atoms in total. The lowest BCUT2D eigenvalue weighted by Crippen LogP contribution is -2.28. The van der Waals surface area contributed by atoms with Crippen LogP contribution in [-0.4, -0.2) is 27.4 Å². The molecule has 5 rings (SSSR count). The lowest BCUT2D eigenvalue weighted by Gasteiger charge is -2.20. The highest BCUT2D eigenvalue weighted by atomic mass is 32.2. The quantitative estimate of drug-likeness (QED) is 0.569. The van der Waals surface area contributed by atoms with Gasteiger partial charge >= 0.3 is 5.97 Å². The van der Waals surface area contributed by atoms with Crippen molar-refractivity contribution in [2.24, 2.45) is 5.92 Å². The average molecular weight is 405 g/mol. The summed E-state index contributed by atoms with van der Waals surface area (Å²) in [6.45, 7) is 2.75. The number of ether oxygens (including phenoxy) is 1. The van der Waals surface area contributed by atoms with Gasteiger partial charge < -0.3 is 4.74 Å². The molecule has 2 atom stereocenters. The van der Waals surface area contributed by atoms with E-state index < -0.39 is 0 Å². The van der Waals surface area contributed by atoms with E-state index in [-0.39, 0.29) is 22.8 Å². The maximum atomic E-state index is 13.6.